The van der Waals surface area contributed by atoms with E-state index in [1.165, 1.54) is 18.2 Å². The van der Waals surface area contributed by atoms with Gasteiger partial charge in [-0.15, -0.1) is 0 Å². The molecular formula is C22H25N3O3. The van der Waals surface area contributed by atoms with E-state index in [4.69, 9.17) is 15.2 Å². The number of fused-ring (bicyclic) bond motifs is 2. The van der Waals surface area contributed by atoms with Crippen molar-refractivity contribution in [1.29, 1.82) is 0 Å². The molecule has 1 aliphatic carbocycles. The lowest BCUT2D eigenvalue weighted by molar-refractivity contribution is -0.140. The molecule has 0 spiro atoms. The average Bonchev–Trinajstić information content (AvgIpc) is 3.01. The maximum Gasteiger partial charge on any atom is 0.305 e. The van der Waals surface area contributed by atoms with Crippen LogP contribution in [0.3, 0.4) is 0 Å². The van der Waals surface area contributed by atoms with Crippen LogP contribution in [0.15, 0.2) is 36.4 Å². The molecule has 28 heavy (non-hydrogen) atoms. The molecule has 0 fully saturated rings. The standard InChI is InChI=1S/C22H25N3O3/c1-25-18-4-3-5-19(21(18)24-22(25)23)28-17-10-9-15-12-14(6-8-16(15)13-17)7-11-20(26)27-2/h3-5,9-10,13-14H,6-8,11-12H2,1-2H3,(H2,23,24). The van der Waals surface area contributed by atoms with Crippen LogP contribution in [-0.4, -0.2) is 22.6 Å². The van der Waals surface area contributed by atoms with Gasteiger partial charge in [-0.1, -0.05) is 12.1 Å². The Balaban J connectivity index is 1.50. The third kappa shape index (κ3) is 3.54. The van der Waals surface area contributed by atoms with Crippen LogP contribution in [0.5, 0.6) is 11.5 Å². The zero-order valence-corrected chi connectivity index (χ0v) is 16.3. The molecule has 2 aromatic carbocycles. The molecule has 6 heteroatoms. The van der Waals surface area contributed by atoms with Crippen LogP contribution < -0.4 is 10.5 Å². The third-order valence-electron chi connectivity index (χ3n) is 5.63. The normalized spacial score (nSPS) is 16.0. The molecule has 1 unspecified atom stereocenters. The second-order valence-corrected chi connectivity index (χ2v) is 7.41. The number of esters is 1. The number of carbonyl (C=O) groups excluding carboxylic acids is 1. The summed E-state index contributed by atoms with van der Waals surface area (Å²) in [6.07, 6.45) is 4.46. The van der Waals surface area contributed by atoms with E-state index < -0.39 is 0 Å². The topological polar surface area (TPSA) is 79.4 Å². The molecule has 0 saturated carbocycles. The number of aryl methyl sites for hydroxylation is 2. The van der Waals surface area contributed by atoms with E-state index in [0.29, 0.717) is 24.0 Å². The highest BCUT2D eigenvalue weighted by atomic mass is 16.5. The van der Waals surface area contributed by atoms with Gasteiger partial charge in [0.2, 0.25) is 5.95 Å². The summed E-state index contributed by atoms with van der Waals surface area (Å²) in [5.74, 6) is 2.39. The van der Waals surface area contributed by atoms with Gasteiger partial charge < -0.3 is 19.8 Å². The quantitative estimate of drug-likeness (QED) is 0.678. The van der Waals surface area contributed by atoms with E-state index in [1.807, 2.05) is 35.9 Å². The zero-order valence-electron chi connectivity index (χ0n) is 16.3. The van der Waals surface area contributed by atoms with Crippen molar-refractivity contribution in [3.8, 4) is 11.5 Å². The Labute approximate surface area is 164 Å². The van der Waals surface area contributed by atoms with Crippen LogP contribution in [0.1, 0.15) is 30.4 Å². The summed E-state index contributed by atoms with van der Waals surface area (Å²) in [5.41, 5.74) is 10.3. The van der Waals surface area contributed by atoms with E-state index in [1.54, 1.807) is 0 Å². The van der Waals surface area contributed by atoms with Gasteiger partial charge >= 0.3 is 5.97 Å². The molecule has 4 rings (SSSR count). The number of methoxy groups -OCH3 is 1. The molecule has 1 heterocycles. The summed E-state index contributed by atoms with van der Waals surface area (Å²) in [6.45, 7) is 0. The molecule has 0 bridgehead atoms. The monoisotopic (exact) mass is 379 g/mol. The lowest BCUT2D eigenvalue weighted by Gasteiger charge is -2.24. The predicted molar refractivity (Wildman–Crippen MR) is 108 cm³/mol. The predicted octanol–water partition coefficient (Wildman–Crippen LogP) is 4.01. The number of para-hydroxylation sites is 1. The van der Waals surface area contributed by atoms with Gasteiger partial charge in [0.1, 0.15) is 11.3 Å². The smallest absolute Gasteiger partial charge is 0.305 e. The van der Waals surface area contributed by atoms with E-state index in [-0.39, 0.29) is 5.97 Å². The van der Waals surface area contributed by atoms with Gasteiger partial charge in [-0.3, -0.25) is 4.79 Å². The Morgan fingerprint density at radius 2 is 2.14 bits per heavy atom. The fraction of sp³-hybridized carbons (Fsp3) is 0.364. The zero-order chi connectivity index (χ0) is 19.7. The molecule has 6 nitrogen and oxygen atoms in total. The van der Waals surface area contributed by atoms with Crippen molar-refractivity contribution >= 4 is 23.0 Å². The number of ether oxygens (including phenoxy) is 2. The number of benzene rings is 2. The summed E-state index contributed by atoms with van der Waals surface area (Å²) < 4.78 is 12.8. The van der Waals surface area contributed by atoms with Gasteiger partial charge in [0.05, 0.1) is 12.6 Å². The minimum Gasteiger partial charge on any atom is -0.469 e. The number of hydrogen-bond donors (Lipinski definition) is 1. The largest absolute Gasteiger partial charge is 0.469 e. The number of imidazole rings is 1. The second kappa shape index (κ2) is 7.54. The van der Waals surface area contributed by atoms with Gasteiger partial charge in [0.15, 0.2) is 5.75 Å². The van der Waals surface area contributed by atoms with Gasteiger partial charge in [-0.05, 0) is 67.0 Å². The van der Waals surface area contributed by atoms with Crippen LogP contribution >= 0.6 is 0 Å². The van der Waals surface area contributed by atoms with Crippen molar-refractivity contribution in [3.05, 3.63) is 47.5 Å². The number of rotatable bonds is 5. The lowest BCUT2D eigenvalue weighted by atomic mass is 9.81. The minimum atomic E-state index is -0.126. The highest BCUT2D eigenvalue weighted by Gasteiger charge is 2.20. The van der Waals surface area contributed by atoms with Crippen molar-refractivity contribution < 1.29 is 14.3 Å². The fourth-order valence-electron chi connectivity index (χ4n) is 3.96. The van der Waals surface area contributed by atoms with E-state index >= 15 is 0 Å². The summed E-state index contributed by atoms with van der Waals surface area (Å²) in [6, 6.07) is 12.1. The number of nitrogens with two attached hydrogens (primary N) is 1. The molecule has 3 aromatic rings. The first kappa shape index (κ1) is 18.3. The van der Waals surface area contributed by atoms with E-state index in [9.17, 15) is 4.79 Å². The molecule has 0 saturated heterocycles. The first-order chi connectivity index (χ1) is 13.5. The number of carbonyl (C=O) groups is 1. The molecule has 0 radical (unpaired) electrons. The van der Waals surface area contributed by atoms with Crippen molar-refractivity contribution in [2.75, 3.05) is 12.8 Å². The maximum atomic E-state index is 11.4. The SMILES string of the molecule is COC(=O)CCC1CCc2cc(Oc3cccc4c3nc(N)n4C)ccc2C1. The first-order valence-corrected chi connectivity index (χ1v) is 9.62. The van der Waals surface area contributed by atoms with Crippen LogP contribution in [0, 0.1) is 5.92 Å². The van der Waals surface area contributed by atoms with Crippen molar-refractivity contribution in [3.63, 3.8) is 0 Å². The van der Waals surface area contributed by atoms with Crippen molar-refractivity contribution in [2.45, 2.75) is 32.1 Å². The number of nitrogen functional groups attached to an aromatic ring is 1. The Hall–Kier alpha value is -3.02. The van der Waals surface area contributed by atoms with E-state index in [2.05, 4.69) is 17.1 Å². The molecular weight excluding hydrogens is 354 g/mol. The van der Waals surface area contributed by atoms with Gasteiger partial charge in [0.25, 0.3) is 0 Å². The fourth-order valence-corrected chi connectivity index (χ4v) is 3.96. The van der Waals surface area contributed by atoms with Crippen LogP contribution in [0.2, 0.25) is 0 Å². The minimum absolute atomic E-state index is 0.126. The Kier molecular flexibility index (Phi) is 4.94. The average molecular weight is 379 g/mol. The number of aromatic nitrogens is 2. The summed E-state index contributed by atoms with van der Waals surface area (Å²) in [5, 5.41) is 0. The summed E-state index contributed by atoms with van der Waals surface area (Å²) in [7, 11) is 3.34. The van der Waals surface area contributed by atoms with Gasteiger partial charge in [-0.2, -0.15) is 0 Å². The van der Waals surface area contributed by atoms with E-state index in [0.717, 1.165) is 42.5 Å². The van der Waals surface area contributed by atoms with Crippen LogP contribution in [0.25, 0.3) is 11.0 Å². The molecule has 1 aliphatic rings. The molecule has 0 amide bonds. The van der Waals surface area contributed by atoms with Gasteiger partial charge in [0, 0.05) is 13.5 Å². The number of nitrogens with zero attached hydrogens (tertiary/aromatic N) is 2. The molecule has 2 N–H and O–H groups in total. The third-order valence-corrected chi connectivity index (χ3v) is 5.63. The van der Waals surface area contributed by atoms with Crippen molar-refractivity contribution in [2.24, 2.45) is 13.0 Å². The highest BCUT2D eigenvalue weighted by molar-refractivity contribution is 5.84. The number of anilines is 1. The Bertz CT molecular complexity index is 1030. The maximum absolute atomic E-state index is 11.4. The Morgan fingerprint density at radius 1 is 1.29 bits per heavy atom. The molecule has 1 atom stereocenters. The first-order valence-electron chi connectivity index (χ1n) is 9.62. The highest BCUT2D eigenvalue weighted by Crippen LogP contribution is 2.34. The Morgan fingerprint density at radius 3 is 2.96 bits per heavy atom. The van der Waals surface area contributed by atoms with Crippen LogP contribution in [0.4, 0.5) is 5.95 Å². The second-order valence-electron chi connectivity index (χ2n) is 7.41. The van der Waals surface area contributed by atoms with Crippen LogP contribution in [-0.2, 0) is 29.4 Å². The molecule has 1 aromatic heterocycles. The molecule has 146 valence electrons. The lowest BCUT2D eigenvalue weighted by Crippen LogP contribution is -2.16. The molecule has 0 aliphatic heterocycles. The van der Waals surface area contributed by atoms with Gasteiger partial charge in [-0.25, -0.2) is 4.98 Å². The summed E-state index contributed by atoms with van der Waals surface area (Å²) >= 11 is 0. The summed E-state index contributed by atoms with van der Waals surface area (Å²) in [4.78, 5) is 15.8. The number of hydrogen-bond acceptors (Lipinski definition) is 5. The van der Waals surface area contributed by atoms with Crippen molar-refractivity contribution in [1.82, 2.24) is 9.55 Å².